The Kier molecular flexibility index (Phi) is 8.63. The van der Waals surface area contributed by atoms with E-state index in [4.69, 9.17) is 5.73 Å². The molecule has 11 heteroatoms. The lowest BCUT2D eigenvalue weighted by molar-refractivity contribution is -0.116. The number of amides is 2. The van der Waals surface area contributed by atoms with Gasteiger partial charge >= 0.3 is 0 Å². The second-order valence-electron chi connectivity index (χ2n) is 9.58. The molecule has 208 valence electrons. The fraction of sp³-hybridized carbons (Fsp3) is 0.241. The minimum absolute atomic E-state index is 0.0998. The van der Waals surface area contributed by atoms with Crippen LogP contribution in [-0.4, -0.2) is 33.4 Å². The molecule has 4 aromatic rings. The summed E-state index contributed by atoms with van der Waals surface area (Å²) in [5.74, 6) is -1.06. The predicted octanol–water partition coefficient (Wildman–Crippen LogP) is 4.40. The van der Waals surface area contributed by atoms with Crippen molar-refractivity contribution in [1.29, 1.82) is 0 Å². The van der Waals surface area contributed by atoms with Crippen LogP contribution in [0.15, 0.2) is 46.6 Å². The first-order valence-electron chi connectivity index (χ1n) is 12.9. The molecule has 40 heavy (non-hydrogen) atoms. The molecule has 2 aromatic heterocycles. The number of aromatic nitrogens is 2. The van der Waals surface area contributed by atoms with Crippen LogP contribution in [0.3, 0.4) is 0 Å². The van der Waals surface area contributed by atoms with Crippen molar-refractivity contribution in [3.63, 3.8) is 0 Å². The predicted molar refractivity (Wildman–Crippen MR) is 154 cm³/mol. The van der Waals surface area contributed by atoms with Crippen molar-refractivity contribution in [2.75, 3.05) is 17.6 Å². The summed E-state index contributed by atoms with van der Waals surface area (Å²) in [6.45, 7) is 8.14. The number of aromatic hydroxyl groups is 1. The molecule has 0 saturated carbocycles. The van der Waals surface area contributed by atoms with Gasteiger partial charge in [0.1, 0.15) is 5.82 Å². The Labute approximate surface area is 229 Å². The van der Waals surface area contributed by atoms with Gasteiger partial charge in [-0.05, 0) is 62.6 Å². The van der Waals surface area contributed by atoms with Crippen LogP contribution in [0, 0.1) is 19.7 Å². The van der Waals surface area contributed by atoms with E-state index in [0.29, 0.717) is 69.9 Å². The minimum Gasteiger partial charge on any atom is -0.493 e. The summed E-state index contributed by atoms with van der Waals surface area (Å²) >= 11 is 0. The Bertz CT molecular complexity index is 1700. The lowest BCUT2D eigenvalue weighted by Crippen LogP contribution is -2.32. The van der Waals surface area contributed by atoms with E-state index in [-0.39, 0.29) is 23.4 Å². The summed E-state index contributed by atoms with van der Waals surface area (Å²) in [7, 11) is 0. The van der Waals surface area contributed by atoms with Gasteiger partial charge in [0.15, 0.2) is 5.69 Å². The topological polar surface area (TPSA) is 161 Å². The van der Waals surface area contributed by atoms with Crippen molar-refractivity contribution in [3.8, 4) is 5.88 Å². The lowest BCUT2D eigenvalue weighted by Gasteiger charge is -2.09. The van der Waals surface area contributed by atoms with Gasteiger partial charge in [-0.1, -0.05) is 19.1 Å². The molecule has 0 atom stereocenters. The number of nitrogens with two attached hydrogens (primary N) is 1. The normalized spacial score (nSPS) is 11.9. The van der Waals surface area contributed by atoms with Crippen LogP contribution in [-0.2, 0) is 4.79 Å². The number of anilines is 2. The van der Waals surface area contributed by atoms with E-state index in [1.807, 2.05) is 19.1 Å². The number of azo groups is 1. The average molecular weight is 546 g/mol. The molecule has 0 fully saturated rings. The minimum atomic E-state index is -0.461. The van der Waals surface area contributed by atoms with Crippen LogP contribution in [0.5, 0.6) is 5.88 Å². The maximum absolute atomic E-state index is 13.6. The fourth-order valence-corrected chi connectivity index (χ4v) is 4.39. The highest BCUT2D eigenvalue weighted by atomic mass is 19.1. The number of nitrogens with zero attached hydrogens (tertiary/aromatic N) is 2. The molecule has 0 radical (unpaired) electrons. The molecule has 2 amide bonds. The third kappa shape index (κ3) is 6.55. The zero-order valence-corrected chi connectivity index (χ0v) is 22.4. The molecular formula is C29H32FN7O3. The molecule has 0 unspecified atom stereocenters. The summed E-state index contributed by atoms with van der Waals surface area (Å²) in [6, 6.07) is 9.53. The van der Waals surface area contributed by atoms with Crippen molar-refractivity contribution in [2.24, 2.45) is 10.2 Å². The number of aryl methyl sites for hydroxylation is 2. The molecule has 0 bridgehead atoms. The van der Waals surface area contributed by atoms with Crippen molar-refractivity contribution in [3.05, 3.63) is 69.6 Å². The van der Waals surface area contributed by atoms with E-state index in [2.05, 4.69) is 37.4 Å². The van der Waals surface area contributed by atoms with Crippen LogP contribution in [0.4, 0.5) is 21.5 Å². The van der Waals surface area contributed by atoms with Gasteiger partial charge in [0.05, 0.1) is 34.0 Å². The SMILES string of the molecule is C=c1c(C(=O)NCCCCCC(=O)Nc2ccc(C)cc2N)c(C)[nH]c1=CN=Nc1c(O)[nH]c2ccc(F)cc12. The number of unbranched alkanes of at least 4 members (excludes halogenated alkanes) is 2. The quantitative estimate of drug-likeness (QED) is 0.0990. The van der Waals surface area contributed by atoms with Gasteiger partial charge in [-0.25, -0.2) is 4.39 Å². The van der Waals surface area contributed by atoms with E-state index < -0.39 is 5.82 Å². The first-order valence-corrected chi connectivity index (χ1v) is 12.9. The molecule has 0 aliphatic heterocycles. The number of fused-ring (bicyclic) bond motifs is 1. The van der Waals surface area contributed by atoms with Crippen molar-refractivity contribution < 1.29 is 19.1 Å². The molecule has 0 aliphatic carbocycles. The molecule has 4 rings (SSSR count). The molecule has 2 heterocycles. The second-order valence-corrected chi connectivity index (χ2v) is 9.58. The Morgan fingerprint density at radius 2 is 1.93 bits per heavy atom. The first-order chi connectivity index (χ1) is 19.1. The van der Waals surface area contributed by atoms with E-state index >= 15 is 0 Å². The summed E-state index contributed by atoms with van der Waals surface area (Å²) in [6.07, 6.45) is 3.91. The molecule has 0 spiro atoms. The number of benzene rings is 2. The number of nitrogen functional groups attached to an aromatic ring is 1. The number of halogens is 1. The number of H-pyrrole nitrogens is 2. The Morgan fingerprint density at radius 3 is 2.70 bits per heavy atom. The van der Waals surface area contributed by atoms with E-state index in [0.717, 1.165) is 12.0 Å². The number of hydrogen-bond donors (Lipinski definition) is 6. The monoisotopic (exact) mass is 545 g/mol. The Hall–Kier alpha value is -4.93. The molecule has 0 saturated heterocycles. The number of carbonyl (C=O) groups is 2. The summed E-state index contributed by atoms with van der Waals surface area (Å²) in [5.41, 5.74) is 9.77. The van der Waals surface area contributed by atoms with Gasteiger partial charge in [0, 0.05) is 29.3 Å². The van der Waals surface area contributed by atoms with Crippen LogP contribution >= 0.6 is 0 Å². The number of hydrogen-bond acceptors (Lipinski definition) is 6. The largest absolute Gasteiger partial charge is 0.493 e. The highest BCUT2D eigenvalue weighted by molar-refractivity contribution is 5.96. The van der Waals surface area contributed by atoms with Crippen molar-refractivity contribution >= 4 is 52.6 Å². The maximum Gasteiger partial charge on any atom is 0.253 e. The van der Waals surface area contributed by atoms with Crippen LogP contribution < -0.4 is 26.9 Å². The zero-order valence-electron chi connectivity index (χ0n) is 22.4. The number of nitrogens with one attached hydrogen (secondary N) is 4. The lowest BCUT2D eigenvalue weighted by atomic mass is 10.1. The number of rotatable bonds is 10. The Morgan fingerprint density at radius 1 is 1.12 bits per heavy atom. The van der Waals surface area contributed by atoms with Crippen LogP contribution in [0.2, 0.25) is 0 Å². The van der Waals surface area contributed by atoms with Crippen LogP contribution in [0.1, 0.15) is 47.3 Å². The maximum atomic E-state index is 13.6. The molecular weight excluding hydrogens is 513 g/mol. The number of carbonyl (C=O) groups excluding carboxylic acids is 2. The second kappa shape index (κ2) is 12.3. The van der Waals surface area contributed by atoms with Gasteiger partial charge < -0.3 is 31.4 Å². The van der Waals surface area contributed by atoms with E-state index in [1.165, 1.54) is 24.4 Å². The van der Waals surface area contributed by atoms with Crippen molar-refractivity contribution in [2.45, 2.75) is 39.5 Å². The summed E-state index contributed by atoms with van der Waals surface area (Å²) < 4.78 is 13.6. The third-order valence-electron chi connectivity index (χ3n) is 6.46. The number of aromatic amines is 2. The summed E-state index contributed by atoms with van der Waals surface area (Å²) in [5, 5.41) is 25.2. The van der Waals surface area contributed by atoms with Crippen molar-refractivity contribution in [1.82, 2.24) is 15.3 Å². The van der Waals surface area contributed by atoms with E-state index in [9.17, 15) is 19.1 Å². The smallest absolute Gasteiger partial charge is 0.253 e. The average Bonchev–Trinajstić information content (AvgIpc) is 3.36. The first kappa shape index (κ1) is 28.1. The zero-order chi connectivity index (χ0) is 28.8. The van der Waals surface area contributed by atoms with Gasteiger partial charge in [-0.2, -0.15) is 5.11 Å². The molecule has 0 aliphatic rings. The van der Waals surface area contributed by atoms with Gasteiger partial charge in [0.25, 0.3) is 5.91 Å². The van der Waals surface area contributed by atoms with Gasteiger partial charge in [-0.3, -0.25) is 9.59 Å². The Balaban J connectivity index is 1.28. The van der Waals surface area contributed by atoms with Crippen LogP contribution in [0.25, 0.3) is 23.7 Å². The highest BCUT2D eigenvalue weighted by Gasteiger charge is 2.14. The standard InChI is InChI=1S/C29H32FN7O3/c1-16-8-10-23(21(31)13-16)35-25(38)7-5-4-6-12-32-28(39)26-17(2)24(34-18(26)3)15-33-37-27-20-14-19(30)9-11-22(20)36-29(27)40/h8-11,13-15,34,36,40H,2,4-7,12,31H2,1,3H3,(H,32,39)(H,35,38). The molecule has 7 N–H and O–H groups in total. The summed E-state index contributed by atoms with van der Waals surface area (Å²) in [4.78, 5) is 30.8. The van der Waals surface area contributed by atoms with Gasteiger partial charge in [-0.15, -0.1) is 5.11 Å². The third-order valence-corrected chi connectivity index (χ3v) is 6.46. The molecule has 10 nitrogen and oxygen atoms in total. The van der Waals surface area contributed by atoms with Gasteiger partial charge in [0.2, 0.25) is 11.8 Å². The molecule has 2 aromatic carbocycles. The van der Waals surface area contributed by atoms with E-state index in [1.54, 1.807) is 13.0 Å². The fourth-order valence-electron chi connectivity index (χ4n) is 4.39. The highest BCUT2D eigenvalue weighted by Crippen LogP contribution is 2.35.